The fourth-order valence-corrected chi connectivity index (χ4v) is 3.94. The van der Waals surface area contributed by atoms with Gasteiger partial charge in [-0.25, -0.2) is 0 Å². The van der Waals surface area contributed by atoms with E-state index in [0.717, 1.165) is 27.9 Å². The number of hydrogen-bond acceptors (Lipinski definition) is 6. The first-order valence-corrected chi connectivity index (χ1v) is 9.67. The predicted molar refractivity (Wildman–Crippen MR) is 111 cm³/mol. The van der Waals surface area contributed by atoms with Gasteiger partial charge in [0.05, 0.1) is 17.4 Å². The summed E-state index contributed by atoms with van der Waals surface area (Å²) >= 11 is 17.7. The molecular weight excluding hydrogens is 417 g/mol. The molecule has 2 rings (SSSR count). The SMILES string of the molecule is O=C([O-])CN1C(=O)/C(=C\c2ccc(N(CCCl)CCCl)cc2)SC1=S.[NH4+]. The lowest BCUT2D eigenvalue weighted by Gasteiger charge is -2.22. The van der Waals surface area contributed by atoms with Crippen LogP contribution >= 0.6 is 47.2 Å². The molecule has 0 unspecified atom stereocenters. The molecule has 1 aliphatic rings. The minimum absolute atomic E-state index is 0. The Kier molecular flexibility index (Phi) is 9.38. The van der Waals surface area contributed by atoms with Crippen molar-refractivity contribution < 1.29 is 14.7 Å². The topological polar surface area (TPSA) is 100 Å². The normalized spacial score (nSPS) is 15.3. The Morgan fingerprint density at radius 3 is 2.31 bits per heavy atom. The zero-order valence-corrected chi connectivity index (χ0v) is 17.3. The molecule has 1 heterocycles. The third-order valence-electron chi connectivity index (χ3n) is 3.43. The molecule has 0 aliphatic carbocycles. The maximum atomic E-state index is 12.2. The maximum absolute atomic E-state index is 12.2. The van der Waals surface area contributed by atoms with Gasteiger partial charge in [-0.15, -0.1) is 23.2 Å². The monoisotopic (exact) mass is 435 g/mol. The first-order chi connectivity index (χ1) is 12.0. The number of hydrogen-bond donors (Lipinski definition) is 1. The molecule has 142 valence electrons. The minimum atomic E-state index is -1.35. The van der Waals surface area contributed by atoms with Crippen LogP contribution in [0.2, 0.25) is 0 Å². The minimum Gasteiger partial charge on any atom is -0.548 e. The number of amides is 1. The summed E-state index contributed by atoms with van der Waals surface area (Å²) in [6, 6.07) is 7.59. The third kappa shape index (κ3) is 5.85. The van der Waals surface area contributed by atoms with Crippen LogP contribution in [0.4, 0.5) is 5.69 Å². The summed E-state index contributed by atoms with van der Waals surface area (Å²) in [7, 11) is 0. The van der Waals surface area contributed by atoms with Gasteiger partial charge in [0.2, 0.25) is 0 Å². The maximum Gasteiger partial charge on any atom is 0.266 e. The highest BCUT2D eigenvalue weighted by Gasteiger charge is 2.31. The molecule has 1 amide bonds. The molecular formula is C16H19Cl2N3O3S2. The number of nitrogens with zero attached hydrogens (tertiary/aromatic N) is 2. The van der Waals surface area contributed by atoms with Crippen LogP contribution in [0, 0.1) is 0 Å². The van der Waals surface area contributed by atoms with Crippen molar-refractivity contribution in [1.82, 2.24) is 11.1 Å². The van der Waals surface area contributed by atoms with Crippen LogP contribution in [0.5, 0.6) is 0 Å². The van der Waals surface area contributed by atoms with Crippen molar-refractivity contribution in [1.29, 1.82) is 0 Å². The number of anilines is 1. The lowest BCUT2D eigenvalue weighted by atomic mass is 10.1. The van der Waals surface area contributed by atoms with Crippen LogP contribution in [-0.4, -0.2) is 52.5 Å². The van der Waals surface area contributed by atoms with Crippen molar-refractivity contribution in [3.05, 3.63) is 34.7 Å². The van der Waals surface area contributed by atoms with E-state index in [9.17, 15) is 14.7 Å². The van der Waals surface area contributed by atoms with Crippen LogP contribution in [0.25, 0.3) is 6.08 Å². The molecule has 0 saturated carbocycles. The Labute approximate surface area is 171 Å². The van der Waals surface area contributed by atoms with Gasteiger partial charge in [0.1, 0.15) is 4.32 Å². The number of carboxylic acids is 1. The highest BCUT2D eigenvalue weighted by atomic mass is 35.5. The number of quaternary nitrogens is 1. The fourth-order valence-electron chi connectivity index (χ4n) is 2.27. The number of alkyl halides is 2. The zero-order valence-electron chi connectivity index (χ0n) is 14.1. The van der Waals surface area contributed by atoms with Crippen LogP contribution < -0.4 is 16.2 Å². The summed E-state index contributed by atoms with van der Waals surface area (Å²) < 4.78 is 0.215. The van der Waals surface area contributed by atoms with E-state index in [0.29, 0.717) is 29.8 Å². The average molecular weight is 436 g/mol. The Bertz CT molecular complexity index is 692. The number of thiocarbonyl (C=S) groups is 1. The van der Waals surface area contributed by atoms with Gasteiger partial charge in [-0.2, -0.15) is 0 Å². The second kappa shape index (κ2) is 10.7. The molecule has 0 bridgehead atoms. The molecule has 10 heteroatoms. The number of halogens is 2. The highest BCUT2D eigenvalue weighted by Crippen LogP contribution is 2.32. The van der Waals surface area contributed by atoms with Gasteiger partial charge in [0, 0.05) is 30.5 Å². The van der Waals surface area contributed by atoms with Gasteiger partial charge in [-0.1, -0.05) is 36.1 Å². The molecule has 0 atom stereocenters. The Hall–Kier alpha value is -1.32. The Balaban J connectivity index is 0.00000338. The number of carbonyl (C=O) groups is 2. The molecule has 1 saturated heterocycles. The molecule has 4 N–H and O–H groups in total. The first-order valence-electron chi connectivity index (χ1n) is 7.38. The van der Waals surface area contributed by atoms with E-state index in [4.69, 9.17) is 35.4 Å². The second-order valence-electron chi connectivity index (χ2n) is 5.10. The number of thioether (sulfide) groups is 1. The summed E-state index contributed by atoms with van der Waals surface area (Å²) in [5.41, 5.74) is 1.80. The summed E-state index contributed by atoms with van der Waals surface area (Å²) in [6.07, 6.45) is 1.69. The lowest BCUT2D eigenvalue weighted by molar-refractivity contribution is -0.305. The quantitative estimate of drug-likeness (QED) is 0.381. The van der Waals surface area contributed by atoms with E-state index in [1.165, 1.54) is 0 Å². The van der Waals surface area contributed by atoms with Gasteiger partial charge in [-0.3, -0.25) is 9.69 Å². The first kappa shape index (κ1) is 22.7. The fraction of sp³-hybridized carbons (Fsp3) is 0.312. The van der Waals surface area contributed by atoms with Gasteiger partial charge in [0.15, 0.2) is 0 Å². The molecule has 0 spiro atoms. The van der Waals surface area contributed by atoms with E-state index in [1.807, 2.05) is 24.3 Å². The zero-order chi connectivity index (χ0) is 18.4. The van der Waals surface area contributed by atoms with Gasteiger partial charge in [0.25, 0.3) is 5.91 Å². The second-order valence-corrected chi connectivity index (χ2v) is 7.53. The standard InChI is InChI=1S/C16H16Cl2N2O3S2.H3N/c17-5-7-19(8-6-18)12-3-1-11(2-4-12)9-13-15(23)20(10-14(21)22)16(24)25-13;/h1-4,9H,5-8,10H2,(H,21,22);1H3/b13-9+;. The van der Waals surface area contributed by atoms with Crippen LogP contribution in [0.1, 0.15) is 5.56 Å². The lowest BCUT2D eigenvalue weighted by Crippen LogP contribution is -2.40. The molecule has 0 radical (unpaired) electrons. The summed E-state index contributed by atoms with van der Waals surface area (Å²) in [6.45, 7) is 0.845. The van der Waals surface area contributed by atoms with Crippen LogP contribution in [0.3, 0.4) is 0 Å². The van der Waals surface area contributed by atoms with E-state index >= 15 is 0 Å². The third-order valence-corrected chi connectivity index (χ3v) is 5.14. The van der Waals surface area contributed by atoms with Crippen molar-refractivity contribution in [2.24, 2.45) is 0 Å². The van der Waals surface area contributed by atoms with Crippen molar-refractivity contribution in [3.8, 4) is 0 Å². The molecule has 1 aliphatic heterocycles. The number of carbonyl (C=O) groups excluding carboxylic acids is 2. The van der Waals surface area contributed by atoms with Crippen molar-refractivity contribution in [2.75, 3.05) is 36.3 Å². The summed E-state index contributed by atoms with van der Waals surface area (Å²) in [5, 5.41) is 10.7. The molecule has 6 nitrogen and oxygen atoms in total. The summed E-state index contributed by atoms with van der Waals surface area (Å²) in [5.74, 6) is -0.770. The molecule has 1 fully saturated rings. The smallest absolute Gasteiger partial charge is 0.266 e. The van der Waals surface area contributed by atoms with E-state index < -0.39 is 18.4 Å². The Morgan fingerprint density at radius 1 is 1.23 bits per heavy atom. The van der Waals surface area contributed by atoms with Crippen molar-refractivity contribution in [2.45, 2.75) is 0 Å². The Morgan fingerprint density at radius 2 is 1.81 bits per heavy atom. The van der Waals surface area contributed by atoms with Crippen LogP contribution in [-0.2, 0) is 9.59 Å². The number of aliphatic carboxylic acids is 1. The predicted octanol–water partition coefficient (Wildman–Crippen LogP) is 2.30. The molecule has 26 heavy (non-hydrogen) atoms. The largest absolute Gasteiger partial charge is 0.548 e. The molecule has 0 aromatic heterocycles. The van der Waals surface area contributed by atoms with Crippen LogP contribution in [0.15, 0.2) is 29.2 Å². The van der Waals surface area contributed by atoms with Crippen molar-refractivity contribution >= 4 is 75.1 Å². The number of benzene rings is 1. The van der Waals surface area contributed by atoms with E-state index in [-0.39, 0.29) is 10.5 Å². The highest BCUT2D eigenvalue weighted by molar-refractivity contribution is 8.26. The van der Waals surface area contributed by atoms with E-state index in [1.54, 1.807) is 6.08 Å². The molecule has 1 aromatic carbocycles. The van der Waals surface area contributed by atoms with E-state index in [2.05, 4.69) is 4.90 Å². The van der Waals surface area contributed by atoms with Gasteiger partial charge in [-0.05, 0) is 23.8 Å². The molecule has 1 aromatic rings. The number of carboxylic acid groups (broad SMARTS) is 1. The summed E-state index contributed by atoms with van der Waals surface area (Å²) in [4.78, 5) is 26.4. The number of rotatable bonds is 8. The average Bonchev–Trinajstić information content (AvgIpc) is 2.82. The van der Waals surface area contributed by atoms with Crippen molar-refractivity contribution in [3.63, 3.8) is 0 Å². The van der Waals surface area contributed by atoms with Gasteiger partial charge >= 0.3 is 0 Å². The van der Waals surface area contributed by atoms with Gasteiger partial charge < -0.3 is 21.0 Å².